The number of aliphatic carboxylic acids is 1. The Balaban J connectivity index is 2.29. The van der Waals surface area contributed by atoms with Gasteiger partial charge in [0.2, 0.25) is 23.1 Å². The Kier molecular flexibility index (Phi) is 5.18. The molecule has 0 amide bonds. The first-order valence-corrected chi connectivity index (χ1v) is 7.30. The molecule has 1 aliphatic rings. The van der Waals surface area contributed by atoms with E-state index in [-0.39, 0.29) is 35.9 Å². The molecule has 6 nitrogen and oxygen atoms in total. The molecule has 0 saturated heterocycles. The highest BCUT2D eigenvalue weighted by Crippen LogP contribution is 2.27. The lowest BCUT2D eigenvalue weighted by atomic mass is 9.88. The van der Waals surface area contributed by atoms with Gasteiger partial charge in [-0.25, -0.2) is 0 Å². The number of allylic oxidation sites excluding steroid dienone is 2. The number of methoxy groups -OCH3 is 2. The molecule has 6 heteroatoms. The van der Waals surface area contributed by atoms with Crippen molar-refractivity contribution in [3.63, 3.8) is 0 Å². The number of carbonyl (C=O) groups is 3. The van der Waals surface area contributed by atoms with Gasteiger partial charge in [0.05, 0.1) is 20.6 Å². The Morgan fingerprint density at radius 1 is 0.958 bits per heavy atom. The van der Waals surface area contributed by atoms with Crippen LogP contribution in [0.3, 0.4) is 0 Å². The molecule has 126 valence electrons. The third kappa shape index (κ3) is 3.37. The highest BCUT2D eigenvalue weighted by molar-refractivity contribution is 6.23. The highest BCUT2D eigenvalue weighted by atomic mass is 16.5. The van der Waals surface area contributed by atoms with Crippen LogP contribution in [-0.4, -0.2) is 36.9 Å². The lowest BCUT2D eigenvalue weighted by Gasteiger charge is -2.20. The number of rotatable bonds is 6. The molecule has 24 heavy (non-hydrogen) atoms. The largest absolute Gasteiger partial charge is 0.489 e. The Morgan fingerprint density at radius 2 is 1.46 bits per heavy atom. The van der Waals surface area contributed by atoms with Gasteiger partial charge in [0.25, 0.3) is 0 Å². The van der Waals surface area contributed by atoms with Gasteiger partial charge in [-0.1, -0.05) is 24.3 Å². The molecule has 0 fully saturated rings. The van der Waals surface area contributed by atoms with E-state index in [2.05, 4.69) is 0 Å². The zero-order valence-electron chi connectivity index (χ0n) is 13.7. The summed E-state index contributed by atoms with van der Waals surface area (Å²) < 4.78 is 10.0. The fourth-order valence-corrected chi connectivity index (χ4v) is 2.56. The van der Waals surface area contributed by atoms with Crippen molar-refractivity contribution in [2.75, 3.05) is 14.2 Å². The van der Waals surface area contributed by atoms with Crippen LogP contribution in [0, 0.1) is 0 Å². The van der Waals surface area contributed by atoms with E-state index in [1.807, 2.05) is 0 Å². The minimum Gasteiger partial charge on any atom is -0.489 e. The van der Waals surface area contributed by atoms with Gasteiger partial charge in [-0.15, -0.1) is 0 Å². The van der Waals surface area contributed by atoms with Crippen LogP contribution in [0.25, 0.3) is 0 Å². The van der Waals surface area contributed by atoms with Crippen molar-refractivity contribution >= 4 is 17.5 Å². The monoisotopic (exact) mass is 330 g/mol. The van der Waals surface area contributed by atoms with Gasteiger partial charge in [0.1, 0.15) is 0 Å². The van der Waals surface area contributed by atoms with Crippen molar-refractivity contribution in [2.24, 2.45) is 0 Å². The van der Waals surface area contributed by atoms with Gasteiger partial charge in [0.15, 0.2) is 0 Å². The predicted molar refractivity (Wildman–Crippen MR) is 85.2 cm³/mol. The van der Waals surface area contributed by atoms with Crippen LogP contribution >= 0.6 is 0 Å². The summed E-state index contributed by atoms with van der Waals surface area (Å²) >= 11 is 0. The second-order valence-corrected chi connectivity index (χ2v) is 5.39. The summed E-state index contributed by atoms with van der Waals surface area (Å²) in [4.78, 5) is 35.6. The number of Topliss-reactive ketones (excluding diaryl/α,β-unsaturated/α-hetero) is 2. The zero-order chi connectivity index (χ0) is 17.9. The number of carboxylic acids is 1. The molecule has 1 aliphatic carbocycles. The van der Waals surface area contributed by atoms with Crippen LogP contribution in [0.4, 0.5) is 0 Å². The average molecular weight is 330 g/mol. The number of carbonyl (C=O) groups excluding carboxylic acids is 2. The summed E-state index contributed by atoms with van der Waals surface area (Å²) in [6.07, 6.45) is 0.195. The number of hydrogen-bond donors (Lipinski definition) is 1. The van der Waals surface area contributed by atoms with Crippen LogP contribution in [0.1, 0.15) is 18.1 Å². The normalized spacial score (nSPS) is 15.0. The van der Waals surface area contributed by atoms with Gasteiger partial charge in [-0.05, 0) is 18.1 Å². The second-order valence-electron chi connectivity index (χ2n) is 5.39. The quantitative estimate of drug-likeness (QED) is 0.800. The molecule has 2 rings (SSSR count). The van der Waals surface area contributed by atoms with E-state index in [0.29, 0.717) is 16.7 Å². The first kappa shape index (κ1) is 17.5. The maximum atomic E-state index is 12.5. The maximum Gasteiger partial charge on any atom is 0.307 e. The van der Waals surface area contributed by atoms with Gasteiger partial charge >= 0.3 is 5.97 Å². The topological polar surface area (TPSA) is 89.9 Å². The average Bonchev–Trinajstić information content (AvgIpc) is 2.55. The van der Waals surface area contributed by atoms with E-state index < -0.39 is 5.97 Å². The molecule has 0 atom stereocenters. The lowest BCUT2D eigenvalue weighted by Crippen LogP contribution is -2.26. The standard InChI is InChI=1S/C18H18O6/c1-10-13(16(22)18(24-3)17(23-2)15(10)21)8-11-4-6-12(7-5-11)9-14(19)20/h4-7H,8-9H2,1-3H3,(H,19,20). The fourth-order valence-electron chi connectivity index (χ4n) is 2.56. The van der Waals surface area contributed by atoms with Crippen molar-refractivity contribution in [1.82, 2.24) is 0 Å². The third-order valence-electron chi connectivity index (χ3n) is 3.85. The molecule has 0 saturated carbocycles. The van der Waals surface area contributed by atoms with Gasteiger partial charge in [-0.2, -0.15) is 0 Å². The van der Waals surface area contributed by atoms with Crippen molar-refractivity contribution in [2.45, 2.75) is 19.8 Å². The summed E-state index contributed by atoms with van der Waals surface area (Å²) in [5.41, 5.74) is 2.15. The molecule has 0 bridgehead atoms. The SMILES string of the molecule is COC1=C(OC)C(=O)C(Cc2ccc(CC(=O)O)cc2)=C(C)C1=O. The van der Waals surface area contributed by atoms with Crippen LogP contribution in [-0.2, 0) is 36.7 Å². The molecular weight excluding hydrogens is 312 g/mol. The smallest absolute Gasteiger partial charge is 0.307 e. The highest BCUT2D eigenvalue weighted by Gasteiger charge is 2.34. The summed E-state index contributed by atoms with van der Waals surface area (Å²) in [6.45, 7) is 1.58. The Labute approximate surface area is 139 Å². The van der Waals surface area contributed by atoms with E-state index in [1.54, 1.807) is 31.2 Å². The minimum absolute atomic E-state index is 0.0623. The molecule has 0 aliphatic heterocycles. The first-order chi connectivity index (χ1) is 11.4. The number of hydrogen-bond acceptors (Lipinski definition) is 5. The Hall–Kier alpha value is -2.89. The molecule has 0 aromatic heterocycles. The van der Waals surface area contributed by atoms with Crippen LogP contribution in [0.2, 0.25) is 0 Å². The number of ether oxygens (including phenoxy) is 2. The van der Waals surface area contributed by atoms with Crippen molar-refractivity contribution in [3.8, 4) is 0 Å². The van der Waals surface area contributed by atoms with Crippen LogP contribution < -0.4 is 0 Å². The Bertz CT molecular complexity index is 752. The van der Waals surface area contributed by atoms with Gasteiger partial charge in [0, 0.05) is 17.6 Å². The minimum atomic E-state index is -0.906. The van der Waals surface area contributed by atoms with Gasteiger partial charge < -0.3 is 14.6 Å². The Morgan fingerprint density at radius 3 is 1.96 bits per heavy atom. The molecule has 0 radical (unpaired) electrons. The summed E-state index contributed by atoms with van der Waals surface area (Å²) in [6, 6.07) is 6.89. The summed E-state index contributed by atoms with van der Waals surface area (Å²) in [5.74, 6) is -1.82. The number of ketones is 2. The van der Waals surface area contributed by atoms with Crippen molar-refractivity contribution < 1.29 is 29.0 Å². The van der Waals surface area contributed by atoms with Gasteiger partial charge in [-0.3, -0.25) is 14.4 Å². The van der Waals surface area contributed by atoms with Crippen molar-refractivity contribution in [1.29, 1.82) is 0 Å². The molecule has 1 N–H and O–H groups in total. The van der Waals surface area contributed by atoms with E-state index in [4.69, 9.17) is 14.6 Å². The number of carboxylic acid groups (broad SMARTS) is 1. The molecule has 1 aromatic carbocycles. The van der Waals surface area contributed by atoms with E-state index in [0.717, 1.165) is 5.56 Å². The van der Waals surface area contributed by atoms with E-state index >= 15 is 0 Å². The molecular formula is C18H18O6. The molecule has 0 heterocycles. The van der Waals surface area contributed by atoms with Crippen molar-refractivity contribution in [3.05, 3.63) is 58.1 Å². The zero-order valence-corrected chi connectivity index (χ0v) is 13.7. The predicted octanol–water partition coefficient (Wildman–Crippen LogP) is 1.83. The fraction of sp³-hybridized carbons (Fsp3) is 0.278. The summed E-state index contributed by atoms with van der Waals surface area (Å²) in [5, 5.41) is 8.78. The maximum absolute atomic E-state index is 12.5. The van der Waals surface area contributed by atoms with Crippen LogP contribution in [0.5, 0.6) is 0 Å². The molecule has 1 aromatic rings. The number of benzene rings is 1. The molecule has 0 unspecified atom stereocenters. The first-order valence-electron chi connectivity index (χ1n) is 7.30. The third-order valence-corrected chi connectivity index (χ3v) is 3.85. The van der Waals surface area contributed by atoms with E-state index in [9.17, 15) is 14.4 Å². The molecule has 0 spiro atoms. The van der Waals surface area contributed by atoms with E-state index in [1.165, 1.54) is 14.2 Å². The van der Waals surface area contributed by atoms with Crippen LogP contribution in [0.15, 0.2) is 46.9 Å². The lowest BCUT2D eigenvalue weighted by molar-refractivity contribution is -0.136. The summed E-state index contributed by atoms with van der Waals surface area (Å²) in [7, 11) is 2.64. The second kappa shape index (κ2) is 7.12.